The quantitative estimate of drug-likeness (QED) is 0.770. The zero-order chi connectivity index (χ0) is 15.0. The molecule has 2 atom stereocenters. The fourth-order valence-corrected chi connectivity index (χ4v) is 1.63. The second-order valence-electron chi connectivity index (χ2n) is 4.92. The minimum absolute atomic E-state index is 0. The van der Waals surface area contributed by atoms with Crippen molar-refractivity contribution < 1.29 is 14.3 Å². The van der Waals surface area contributed by atoms with Gasteiger partial charge in [0.15, 0.2) is 0 Å². The van der Waals surface area contributed by atoms with Crippen LogP contribution in [-0.4, -0.2) is 31.7 Å². The summed E-state index contributed by atoms with van der Waals surface area (Å²) in [5.41, 5.74) is 5.61. The molecule has 0 aromatic heterocycles. The summed E-state index contributed by atoms with van der Waals surface area (Å²) in [7, 11) is 1.62. The van der Waals surface area contributed by atoms with Crippen molar-refractivity contribution >= 4 is 18.3 Å². The third-order valence-corrected chi connectivity index (χ3v) is 2.81. The molecule has 1 aromatic rings. The van der Waals surface area contributed by atoms with E-state index in [0.717, 1.165) is 11.5 Å². The largest absolute Gasteiger partial charge is 0.497 e. The number of carbonyl (C=O) groups is 1. The lowest BCUT2D eigenvalue weighted by Crippen LogP contribution is -2.34. The Bertz CT molecular complexity index is 410. The maximum absolute atomic E-state index is 11.5. The molecule has 0 saturated carbocycles. The van der Waals surface area contributed by atoms with Gasteiger partial charge in [-0.3, -0.25) is 4.79 Å². The van der Waals surface area contributed by atoms with Crippen LogP contribution in [0.5, 0.6) is 11.5 Å². The van der Waals surface area contributed by atoms with Gasteiger partial charge in [0.1, 0.15) is 17.6 Å². The van der Waals surface area contributed by atoms with Crippen molar-refractivity contribution in [2.45, 2.75) is 38.8 Å². The number of hydrogen-bond acceptors (Lipinski definition) is 4. The number of ether oxygens (including phenoxy) is 2. The molecule has 6 heteroatoms. The van der Waals surface area contributed by atoms with Crippen LogP contribution >= 0.6 is 12.4 Å². The molecular formula is C15H25ClN2O3. The number of benzene rings is 1. The first kappa shape index (κ1) is 19.5. The van der Waals surface area contributed by atoms with Crippen LogP contribution in [0.4, 0.5) is 0 Å². The van der Waals surface area contributed by atoms with E-state index >= 15 is 0 Å². The first-order chi connectivity index (χ1) is 9.51. The van der Waals surface area contributed by atoms with E-state index in [-0.39, 0.29) is 30.5 Å². The number of methoxy groups -OCH3 is 1. The average Bonchev–Trinajstić information content (AvgIpc) is 2.43. The van der Waals surface area contributed by atoms with Gasteiger partial charge >= 0.3 is 0 Å². The molecule has 1 aromatic carbocycles. The Morgan fingerprint density at radius 1 is 1.24 bits per heavy atom. The number of amides is 1. The summed E-state index contributed by atoms with van der Waals surface area (Å²) in [6.07, 6.45) is 1.05. The summed E-state index contributed by atoms with van der Waals surface area (Å²) < 4.78 is 10.8. The Morgan fingerprint density at radius 3 is 2.33 bits per heavy atom. The van der Waals surface area contributed by atoms with Crippen molar-refractivity contribution in [3.63, 3.8) is 0 Å². The Balaban J connectivity index is 0.00000400. The lowest BCUT2D eigenvalue weighted by atomic mass is 10.2. The Morgan fingerprint density at radius 2 is 1.81 bits per heavy atom. The van der Waals surface area contributed by atoms with Gasteiger partial charge < -0.3 is 20.5 Å². The summed E-state index contributed by atoms with van der Waals surface area (Å²) in [6, 6.07) is 7.40. The lowest BCUT2D eigenvalue weighted by Gasteiger charge is -2.16. The SMILES string of the molecule is COc1ccc(OC(C)CNC(=O)CCC(C)N)cc1.Cl. The van der Waals surface area contributed by atoms with Gasteiger partial charge in [0.2, 0.25) is 5.91 Å². The van der Waals surface area contributed by atoms with E-state index in [0.29, 0.717) is 19.4 Å². The van der Waals surface area contributed by atoms with Gasteiger partial charge in [0, 0.05) is 12.5 Å². The van der Waals surface area contributed by atoms with Crippen LogP contribution in [0.3, 0.4) is 0 Å². The Kier molecular flexibility index (Phi) is 9.58. The molecule has 0 heterocycles. The molecule has 0 bridgehead atoms. The van der Waals surface area contributed by atoms with Gasteiger partial charge in [-0.1, -0.05) is 0 Å². The summed E-state index contributed by atoms with van der Waals surface area (Å²) >= 11 is 0. The topological polar surface area (TPSA) is 73.6 Å². The number of rotatable bonds is 8. The predicted octanol–water partition coefficient (Wildman–Crippen LogP) is 2.13. The molecule has 1 amide bonds. The average molecular weight is 317 g/mol. The van der Waals surface area contributed by atoms with Gasteiger partial charge in [0.05, 0.1) is 13.7 Å². The summed E-state index contributed by atoms with van der Waals surface area (Å²) in [5.74, 6) is 1.55. The Hall–Kier alpha value is -1.46. The van der Waals surface area contributed by atoms with Gasteiger partial charge in [-0.25, -0.2) is 0 Å². The van der Waals surface area contributed by atoms with Gasteiger partial charge in [-0.15, -0.1) is 12.4 Å². The molecule has 3 N–H and O–H groups in total. The first-order valence-corrected chi connectivity index (χ1v) is 6.84. The third-order valence-electron chi connectivity index (χ3n) is 2.81. The van der Waals surface area contributed by atoms with Crippen LogP contribution in [0.25, 0.3) is 0 Å². The monoisotopic (exact) mass is 316 g/mol. The highest BCUT2D eigenvalue weighted by molar-refractivity contribution is 5.85. The van der Waals surface area contributed by atoms with E-state index in [1.54, 1.807) is 7.11 Å². The van der Waals surface area contributed by atoms with Gasteiger partial charge in [-0.2, -0.15) is 0 Å². The molecular weight excluding hydrogens is 292 g/mol. The van der Waals surface area contributed by atoms with E-state index < -0.39 is 0 Å². The van der Waals surface area contributed by atoms with E-state index in [9.17, 15) is 4.79 Å². The molecule has 0 saturated heterocycles. The minimum atomic E-state index is -0.0948. The van der Waals surface area contributed by atoms with Crippen molar-refractivity contribution in [3.05, 3.63) is 24.3 Å². The highest BCUT2D eigenvalue weighted by Gasteiger charge is 2.08. The van der Waals surface area contributed by atoms with Crippen molar-refractivity contribution in [2.24, 2.45) is 5.73 Å². The lowest BCUT2D eigenvalue weighted by molar-refractivity contribution is -0.121. The van der Waals surface area contributed by atoms with E-state index in [4.69, 9.17) is 15.2 Å². The molecule has 0 aliphatic heterocycles. The molecule has 5 nitrogen and oxygen atoms in total. The molecule has 120 valence electrons. The second kappa shape index (κ2) is 10.3. The zero-order valence-corrected chi connectivity index (χ0v) is 13.6. The van der Waals surface area contributed by atoms with Crippen molar-refractivity contribution in [2.75, 3.05) is 13.7 Å². The highest BCUT2D eigenvalue weighted by atomic mass is 35.5. The third kappa shape index (κ3) is 8.42. The molecule has 0 spiro atoms. The fourth-order valence-electron chi connectivity index (χ4n) is 1.63. The van der Waals surface area contributed by atoms with Crippen LogP contribution in [0.15, 0.2) is 24.3 Å². The minimum Gasteiger partial charge on any atom is -0.497 e. The zero-order valence-electron chi connectivity index (χ0n) is 12.8. The number of hydrogen-bond donors (Lipinski definition) is 2. The second-order valence-corrected chi connectivity index (χ2v) is 4.92. The normalized spacial score (nSPS) is 12.8. The van der Waals surface area contributed by atoms with Crippen LogP contribution < -0.4 is 20.5 Å². The van der Waals surface area contributed by atoms with Crippen LogP contribution in [0, 0.1) is 0 Å². The van der Waals surface area contributed by atoms with Crippen molar-refractivity contribution in [1.82, 2.24) is 5.32 Å². The molecule has 0 fully saturated rings. The Labute approximate surface area is 132 Å². The molecule has 2 unspecified atom stereocenters. The van der Waals surface area contributed by atoms with Crippen molar-refractivity contribution in [1.29, 1.82) is 0 Å². The first-order valence-electron chi connectivity index (χ1n) is 6.84. The summed E-state index contributed by atoms with van der Waals surface area (Å²) in [4.78, 5) is 11.5. The smallest absolute Gasteiger partial charge is 0.220 e. The van der Waals surface area contributed by atoms with Crippen LogP contribution in [-0.2, 0) is 4.79 Å². The number of nitrogens with two attached hydrogens (primary N) is 1. The van der Waals surface area contributed by atoms with Crippen LogP contribution in [0.2, 0.25) is 0 Å². The van der Waals surface area contributed by atoms with Crippen molar-refractivity contribution in [3.8, 4) is 11.5 Å². The van der Waals surface area contributed by atoms with Gasteiger partial charge in [0.25, 0.3) is 0 Å². The molecule has 0 radical (unpaired) electrons. The molecule has 0 aliphatic rings. The molecule has 0 aliphatic carbocycles. The fraction of sp³-hybridized carbons (Fsp3) is 0.533. The van der Waals surface area contributed by atoms with E-state index in [1.165, 1.54) is 0 Å². The summed E-state index contributed by atoms with van der Waals surface area (Å²) in [5, 5.41) is 2.84. The molecule has 1 rings (SSSR count). The molecule has 21 heavy (non-hydrogen) atoms. The van der Waals surface area contributed by atoms with E-state index in [1.807, 2.05) is 38.1 Å². The standard InChI is InChI=1S/C15H24N2O3.ClH/c1-11(16)4-9-15(18)17-10-12(2)20-14-7-5-13(19-3)6-8-14;/h5-8,11-12H,4,9-10,16H2,1-3H3,(H,17,18);1H. The van der Waals surface area contributed by atoms with Crippen LogP contribution in [0.1, 0.15) is 26.7 Å². The number of nitrogens with one attached hydrogen (secondary N) is 1. The summed E-state index contributed by atoms with van der Waals surface area (Å²) in [6.45, 7) is 4.28. The maximum atomic E-state index is 11.5. The number of carbonyl (C=O) groups excluding carboxylic acids is 1. The highest BCUT2D eigenvalue weighted by Crippen LogP contribution is 2.17. The van der Waals surface area contributed by atoms with E-state index in [2.05, 4.69) is 5.32 Å². The van der Waals surface area contributed by atoms with Gasteiger partial charge in [-0.05, 0) is 44.5 Å². The number of halogens is 1. The predicted molar refractivity (Wildman–Crippen MR) is 86.2 cm³/mol. The maximum Gasteiger partial charge on any atom is 0.220 e.